The van der Waals surface area contributed by atoms with Crippen LogP contribution in [0.25, 0.3) is 0 Å². The number of hydrogen-bond acceptors (Lipinski definition) is 23. The third-order valence-corrected chi connectivity index (χ3v) is 19.3. The molecule has 0 amide bonds. The normalized spacial score (nSPS) is 28.1. The Morgan fingerprint density at radius 3 is 1.15 bits per heavy atom. The summed E-state index contributed by atoms with van der Waals surface area (Å²) in [7, 11) is -5.69. The van der Waals surface area contributed by atoms with Crippen molar-refractivity contribution < 1.29 is 117 Å². The van der Waals surface area contributed by atoms with Crippen LogP contribution in [0, 0.1) is 0 Å². The van der Waals surface area contributed by atoms with Gasteiger partial charge < -0.3 is 89.1 Å². The Labute approximate surface area is 567 Å². The van der Waals surface area contributed by atoms with Gasteiger partial charge >= 0.3 is 25.7 Å². The van der Waals surface area contributed by atoms with Crippen LogP contribution in [0.1, 0.15) is 284 Å². The van der Waals surface area contributed by atoms with Crippen molar-refractivity contribution in [3.8, 4) is 0 Å². The highest BCUT2D eigenvalue weighted by Crippen LogP contribution is 2.49. The topological polar surface area (TPSA) is 374 Å². The molecule has 1 saturated carbocycles. The van der Waals surface area contributed by atoms with Crippen molar-refractivity contribution in [2.24, 2.45) is 0 Å². The van der Waals surface area contributed by atoms with Crippen molar-refractivity contribution >= 4 is 25.7 Å². The summed E-state index contributed by atoms with van der Waals surface area (Å²) >= 11 is 0. The van der Waals surface area contributed by atoms with Gasteiger partial charge in [-0.1, -0.05) is 232 Å². The van der Waals surface area contributed by atoms with E-state index in [2.05, 4.69) is 32.9 Å². The summed E-state index contributed by atoms with van der Waals surface area (Å²) in [5, 5.41) is 110. The first kappa shape index (κ1) is 86.9. The van der Waals surface area contributed by atoms with E-state index in [1.807, 2.05) is 0 Å². The highest BCUT2D eigenvalue weighted by Gasteiger charge is 2.58. The average molecular weight is 1390 g/mol. The number of rotatable bonds is 57. The Bertz CT molecular complexity index is 2020. The molecule has 0 bridgehead atoms. The average Bonchev–Trinajstić information content (AvgIpc) is 0.764. The number of carbonyl (C=O) groups excluding carboxylic acids is 3. The van der Waals surface area contributed by atoms with Gasteiger partial charge in [-0.2, -0.15) is 0 Å². The van der Waals surface area contributed by atoms with Gasteiger partial charge in [0.25, 0.3) is 0 Å². The summed E-state index contributed by atoms with van der Waals surface area (Å²) in [5.41, 5.74) is 0. The number of hydrogen-bond donors (Lipinski definition) is 11. The highest BCUT2D eigenvalue weighted by molar-refractivity contribution is 7.47. The Morgan fingerprint density at radius 2 is 0.737 bits per heavy atom. The zero-order valence-corrected chi connectivity index (χ0v) is 58.9. The Hall–Kier alpha value is -2.30. The molecule has 11 N–H and O–H groups in total. The molecular formula is C70H129O24P. The number of unbranched alkanes of at least 4 members (excludes halogenated alkanes) is 34. The Balaban J connectivity index is 1.75. The van der Waals surface area contributed by atoms with Gasteiger partial charge in [-0.15, -0.1) is 0 Å². The number of ether oxygens (including phenoxy) is 7. The van der Waals surface area contributed by atoms with E-state index in [4.69, 9.17) is 42.2 Å². The molecule has 558 valence electrons. The molecule has 0 aromatic carbocycles. The summed E-state index contributed by atoms with van der Waals surface area (Å²) < 4.78 is 64.9. The van der Waals surface area contributed by atoms with Crippen LogP contribution < -0.4 is 0 Å². The second-order valence-electron chi connectivity index (χ2n) is 26.7. The molecule has 3 rings (SSSR count). The summed E-state index contributed by atoms with van der Waals surface area (Å²) in [4.78, 5) is 50.9. The number of aliphatic hydroxyl groups excluding tert-OH is 10. The molecule has 3 aliphatic rings. The number of allylic oxidation sites excluding steroid dienone is 2. The first-order chi connectivity index (χ1) is 45.8. The first-order valence-electron chi connectivity index (χ1n) is 37.0. The number of esters is 3. The predicted molar refractivity (Wildman–Crippen MR) is 356 cm³/mol. The molecule has 18 atom stereocenters. The lowest BCUT2D eigenvalue weighted by molar-refractivity contribution is -0.360. The second-order valence-corrected chi connectivity index (χ2v) is 28.1. The minimum Gasteiger partial charge on any atom is -0.463 e. The van der Waals surface area contributed by atoms with E-state index < -0.39 is 156 Å². The van der Waals surface area contributed by atoms with Crippen molar-refractivity contribution in [1.29, 1.82) is 0 Å². The van der Waals surface area contributed by atoms with Gasteiger partial charge in [0.1, 0.15) is 98.7 Å². The van der Waals surface area contributed by atoms with Crippen LogP contribution in [-0.4, -0.2) is 204 Å². The lowest BCUT2D eigenvalue weighted by atomic mass is 9.84. The van der Waals surface area contributed by atoms with E-state index in [9.17, 15) is 74.9 Å². The molecule has 3 fully saturated rings. The smallest absolute Gasteiger partial charge is 0.463 e. The van der Waals surface area contributed by atoms with Crippen LogP contribution in [-0.2, 0) is 61.2 Å². The second kappa shape index (κ2) is 52.6. The standard InChI is InChI=1S/C70H129O24P/c1-4-7-10-13-16-19-22-25-28-30-33-36-39-42-45-55(73)87-50-53-58(76)60(78)65(83)70(91-53)93-67-63(81)61(79)62(80)66(92-69-64(82)59(77)57(75)52(47-71)90-69)68(67)94-95(84,85)88-49-51(89-56(74)46-43-40-37-34-31-27-24-21-18-15-12-9-6-3)48-86-54(72)44-41-38-35-32-29-26-23-20-17-14-11-8-5-2/h27,31,51-53,57-71,75-83H,4-26,28-30,32-50H2,1-3H3,(H,84,85)/b31-27-. The molecule has 2 heterocycles. The van der Waals surface area contributed by atoms with Crippen molar-refractivity contribution in [1.82, 2.24) is 0 Å². The fourth-order valence-electron chi connectivity index (χ4n) is 12.2. The molecule has 25 heteroatoms. The van der Waals surface area contributed by atoms with E-state index in [0.717, 1.165) is 89.9 Å². The number of aliphatic hydroxyl groups is 10. The van der Waals surface area contributed by atoms with Crippen molar-refractivity contribution in [3.05, 3.63) is 12.2 Å². The van der Waals surface area contributed by atoms with E-state index in [1.54, 1.807) is 0 Å². The highest BCUT2D eigenvalue weighted by atomic mass is 31.2. The van der Waals surface area contributed by atoms with Crippen molar-refractivity contribution in [2.45, 2.75) is 388 Å². The van der Waals surface area contributed by atoms with E-state index in [1.165, 1.54) is 128 Å². The number of carbonyl (C=O) groups is 3. The fraction of sp³-hybridized carbons (Fsp3) is 0.929. The van der Waals surface area contributed by atoms with Gasteiger partial charge in [-0.25, -0.2) is 4.57 Å². The van der Waals surface area contributed by atoms with Crippen molar-refractivity contribution in [3.63, 3.8) is 0 Å². The molecule has 1 aliphatic carbocycles. The third kappa shape index (κ3) is 36.2. The maximum atomic E-state index is 14.3. The number of phosphoric ester groups is 1. The lowest BCUT2D eigenvalue weighted by Crippen LogP contribution is -2.69. The Kier molecular flexibility index (Phi) is 48.2. The summed E-state index contributed by atoms with van der Waals surface area (Å²) in [6.45, 7) is 3.42. The third-order valence-electron chi connectivity index (χ3n) is 18.3. The molecule has 0 aromatic rings. The molecule has 95 heavy (non-hydrogen) atoms. The van der Waals surface area contributed by atoms with E-state index in [0.29, 0.717) is 25.7 Å². The SMILES string of the molecule is CCCCCCCC/C=C\CCCCCC(=O)OC(COC(=O)CCCCCCCCCCCCCCC)COP(=O)(O)OC1C(OC2OC(CO)C(O)C(O)C2O)C(O)C(O)C(O)C1OC1OC(COC(=O)CCCCCCCCCCCCCCCC)C(O)C(O)C1O. The van der Waals surface area contributed by atoms with E-state index in [-0.39, 0.29) is 19.3 Å². The quantitative estimate of drug-likeness (QED) is 0.00887. The summed E-state index contributed by atoms with van der Waals surface area (Å²) in [6, 6.07) is 0. The van der Waals surface area contributed by atoms with E-state index >= 15 is 0 Å². The van der Waals surface area contributed by atoms with Crippen LogP contribution in [0.2, 0.25) is 0 Å². The molecule has 0 spiro atoms. The van der Waals surface area contributed by atoms with Crippen molar-refractivity contribution in [2.75, 3.05) is 26.4 Å². The van der Waals surface area contributed by atoms with Crippen LogP contribution in [0.5, 0.6) is 0 Å². The molecule has 18 unspecified atom stereocenters. The minimum absolute atomic E-state index is 0.0319. The first-order valence-corrected chi connectivity index (χ1v) is 38.5. The van der Waals surface area contributed by atoms with Gasteiger partial charge in [-0.3, -0.25) is 23.4 Å². The van der Waals surface area contributed by atoms with Crippen LogP contribution in [0.4, 0.5) is 0 Å². The number of phosphoric acid groups is 1. The molecule has 2 aliphatic heterocycles. The van der Waals surface area contributed by atoms with Crippen LogP contribution in [0.3, 0.4) is 0 Å². The zero-order valence-electron chi connectivity index (χ0n) is 58.0. The van der Waals surface area contributed by atoms with Gasteiger partial charge in [0.2, 0.25) is 0 Å². The fourth-order valence-corrected chi connectivity index (χ4v) is 13.2. The van der Waals surface area contributed by atoms with Gasteiger partial charge in [0.15, 0.2) is 18.7 Å². The zero-order chi connectivity index (χ0) is 69.6. The molecular weight excluding hydrogens is 1260 g/mol. The van der Waals surface area contributed by atoms with Crippen LogP contribution >= 0.6 is 7.82 Å². The minimum atomic E-state index is -5.69. The van der Waals surface area contributed by atoms with Gasteiger partial charge in [0, 0.05) is 19.3 Å². The maximum absolute atomic E-state index is 14.3. The molecule has 0 radical (unpaired) electrons. The Morgan fingerprint density at radius 1 is 0.400 bits per heavy atom. The molecule has 0 aromatic heterocycles. The monoisotopic (exact) mass is 1380 g/mol. The van der Waals surface area contributed by atoms with Gasteiger partial charge in [0.05, 0.1) is 13.2 Å². The molecule has 24 nitrogen and oxygen atoms in total. The maximum Gasteiger partial charge on any atom is 0.472 e. The predicted octanol–water partition coefficient (Wildman–Crippen LogP) is 9.57. The largest absolute Gasteiger partial charge is 0.472 e. The van der Waals surface area contributed by atoms with Crippen LogP contribution in [0.15, 0.2) is 12.2 Å². The molecule has 2 saturated heterocycles. The lowest BCUT2D eigenvalue weighted by Gasteiger charge is -2.49. The summed E-state index contributed by atoms with van der Waals surface area (Å²) in [5.74, 6) is -2.00. The summed E-state index contributed by atoms with van der Waals surface area (Å²) in [6.07, 6.45) is 10.1. The van der Waals surface area contributed by atoms with Gasteiger partial charge in [-0.05, 0) is 44.9 Å².